The monoisotopic (exact) mass is 373 g/mol. The van der Waals surface area contributed by atoms with Gasteiger partial charge in [0.25, 0.3) is 5.91 Å². The summed E-state index contributed by atoms with van der Waals surface area (Å²) in [6.45, 7) is 7.36. The van der Waals surface area contributed by atoms with Crippen LogP contribution in [0.15, 0.2) is 24.3 Å². The zero-order valence-corrected chi connectivity index (χ0v) is 16.2. The van der Waals surface area contributed by atoms with E-state index in [1.807, 2.05) is 36.1 Å². The number of hydrogen-bond donors (Lipinski definition) is 0. The van der Waals surface area contributed by atoms with Gasteiger partial charge in [-0.15, -0.1) is 0 Å². The van der Waals surface area contributed by atoms with E-state index >= 15 is 0 Å². The number of rotatable bonds is 5. The first kappa shape index (κ1) is 19.4. The van der Waals surface area contributed by atoms with Crippen LogP contribution in [0.1, 0.15) is 32.3 Å². The highest BCUT2D eigenvalue weighted by atomic mass is 16.5. The van der Waals surface area contributed by atoms with Gasteiger partial charge in [-0.3, -0.25) is 19.4 Å². The number of benzene rings is 1. The third-order valence-electron chi connectivity index (χ3n) is 5.23. The van der Waals surface area contributed by atoms with E-state index in [0.717, 1.165) is 30.6 Å². The molecule has 1 aromatic carbocycles. The van der Waals surface area contributed by atoms with Crippen LogP contribution < -0.4 is 4.90 Å². The Kier molecular flexibility index (Phi) is 5.79. The van der Waals surface area contributed by atoms with Crippen molar-refractivity contribution >= 4 is 23.6 Å². The minimum absolute atomic E-state index is 0.197. The molecule has 146 valence electrons. The summed E-state index contributed by atoms with van der Waals surface area (Å²) in [6, 6.07) is 6.73. The van der Waals surface area contributed by atoms with Gasteiger partial charge < -0.3 is 4.74 Å². The lowest BCUT2D eigenvalue weighted by atomic mass is 9.98. The van der Waals surface area contributed by atoms with Gasteiger partial charge >= 0.3 is 12.0 Å². The topological polar surface area (TPSA) is 70.2 Å². The number of carbonyl (C=O) groups is 3. The molecule has 1 aromatic rings. The van der Waals surface area contributed by atoms with Crippen LogP contribution >= 0.6 is 0 Å². The summed E-state index contributed by atoms with van der Waals surface area (Å²) >= 11 is 0. The van der Waals surface area contributed by atoms with Crippen LogP contribution in [0.25, 0.3) is 0 Å². The number of carbonyl (C=O) groups excluding carboxylic acids is 3. The van der Waals surface area contributed by atoms with Gasteiger partial charge in [0.2, 0.25) is 0 Å². The maximum Gasteiger partial charge on any atom is 0.333 e. The lowest BCUT2D eigenvalue weighted by Crippen LogP contribution is -2.47. The van der Waals surface area contributed by atoms with Crippen molar-refractivity contribution in [2.45, 2.75) is 39.7 Å². The van der Waals surface area contributed by atoms with Crippen molar-refractivity contribution in [2.24, 2.45) is 5.92 Å². The largest absolute Gasteiger partial charge is 0.466 e. The number of aryl methyl sites for hydroxylation is 1. The molecule has 0 spiro atoms. The van der Waals surface area contributed by atoms with E-state index in [1.54, 1.807) is 13.8 Å². The molecule has 27 heavy (non-hydrogen) atoms. The summed E-state index contributed by atoms with van der Waals surface area (Å²) in [6.07, 6.45) is 1.63. The quantitative estimate of drug-likeness (QED) is 0.585. The van der Waals surface area contributed by atoms with Crippen molar-refractivity contribution in [3.63, 3.8) is 0 Å². The molecule has 2 aliphatic rings. The summed E-state index contributed by atoms with van der Waals surface area (Å²) in [4.78, 5) is 42.5. The van der Waals surface area contributed by atoms with Gasteiger partial charge in [-0.1, -0.05) is 17.7 Å². The molecule has 3 amide bonds. The summed E-state index contributed by atoms with van der Waals surface area (Å²) < 4.78 is 5.12. The Morgan fingerprint density at radius 3 is 2.59 bits per heavy atom. The van der Waals surface area contributed by atoms with Gasteiger partial charge in [-0.25, -0.2) is 9.69 Å². The van der Waals surface area contributed by atoms with Crippen LogP contribution in [0.2, 0.25) is 0 Å². The number of imide groups is 1. The molecule has 2 heterocycles. The van der Waals surface area contributed by atoms with Gasteiger partial charge in [0.05, 0.1) is 19.2 Å². The number of likely N-dealkylation sites (tertiary alicyclic amines) is 1. The lowest BCUT2D eigenvalue weighted by Gasteiger charge is -2.33. The number of hydrogen-bond acceptors (Lipinski definition) is 5. The fraction of sp³-hybridized carbons (Fsp3) is 0.550. The van der Waals surface area contributed by atoms with Gasteiger partial charge in [-0.05, 0) is 52.3 Å². The predicted molar refractivity (Wildman–Crippen MR) is 101 cm³/mol. The first-order chi connectivity index (χ1) is 12.9. The Morgan fingerprint density at radius 2 is 1.93 bits per heavy atom. The molecule has 2 saturated heterocycles. The minimum Gasteiger partial charge on any atom is -0.466 e. The van der Waals surface area contributed by atoms with E-state index in [2.05, 4.69) is 0 Å². The Bertz CT molecular complexity index is 718. The van der Waals surface area contributed by atoms with E-state index in [9.17, 15) is 14.4 Å². The van der Waals surface area contributed by atoms with Crippen LogP contribution in [0.3, 0.4) is 0 Å². The van der Waals surface area contributed by atoms with Crippen molar-refractivity contribution in [2.75, 3.05) is 31.3 Å². The van der Waals surface area contributed by atoms with Crippen molar-refractivity contribution in [1.82, 2.24) is 9.80 Å². The molecule has 2 aliphatic heterocycles. The zero-order chi connectivity index (χ0) is 19.6. The molecular weight excluding hydrogens is 346 g/mol. The van der Waals surface area contributed by atoms with Crippen LogP contribution in [0.4, 0.5) is 10.5 Å². The molecule has 2 fully saturated rings. The second kappa shape index (κ2) is 8.08. The van der Waals surface area contributed by atoms with Gasteiger partial charge in [-0.2, -0.15) is 0 Å². The number of ether oxygens (including phenoxy) is 1. The SMILES string of the molecule is CCOC(=O)[C@H]1CCCN(CN2C(=O)[C@H](C)N(c3ccc(C)cc3)C2=O)C1. The predicted octanol–water partition coefficient (Wildman–Crippen LogP) is 2.38. The van der Waals surface area contributed by atoms with E-state index < -0.39 is 6.04 Å². The zero-order valence-electron chi connectivity index (χ0n) is 16.2. The Morgan fingerprint density at radius 1 is 1.22 bits per heavy atom. The van der Waals surface area contributed by atoms with Crippen molar-refractivity contribution in [1.29, 1.82) is 0 Å². The molecule has 0 aromatic heterocycles. The molecule has 0 saturated carbocycles. The summed E-state index contributed by atoms with van der Waals surface area (Å²) in [5.41, 5.74) is 1.82. The molecule has 3 rings (SSSR count). The lowest BCUT2D eigenvalue weighted by molar-refractivity contribution is -0.150. The van der Waals surface area contributed by atoms with Crippen molar-refractivity contribution in [3.05, 3.63) is 29.8 Å². The Hall–Kier alpha value is -2.41. The fourth-order valence-corrected chi connectivity index (χ4v) is 3.73. The summed E-state index contributed by atoms with van der Waals surface area (Å²) in [7, 11) is 0. The number of piperidine rings is 1. The van der Waals surface area contributed by atoms with Crippen molar-refractivity contribution < 1.29 is 19.1 Å². The number of nitrogens with zero attached hydrogens (tertiary/aromatic N) is 3. The smallest absolute Gasteiger partial charge is 0.333 e. The second-order valence-electron chi connectivity index (χ2n) is 7.24. The third kappa shape index (κ3) is 3.98. The Labute approximate surface area is 159 Å². The maximum atomic E-state index is 12.9. The first-order valence-corrected chi connectivity index (χ1v) is 9.52. The average Bonchev–Trinajstić information content (AvgIpc) is 2.87. The molecule has 7 nitrogen and oxygen atoms in total. The third-order valence-corrected chi connectivity index (χ3v) is 5.23. The fourth-order valence-electron chi connectivity index (χ4n) is 3.73. The maximum absolute atomic E-state index is 12.9. The second-order valence-corrected chi connectivity index (χ2v) is 7.24. The van der Waals surface area contributed by atoms with Crippen LogP contribution in [-0.4, -0.2) is 60.1 Å². The van der Waals surface area contributed by atoms with Gasteiger partial charge in [0, 0.05) is 12.2 Å². The highest BCUT2D eigenvalue weighted by Crippen LogP contribution is 2.27. The highest BCUT2D eigenvalue weighted by molar-refractivity contribution is 6.14. The van der Waals surface area contributed by atoms with Crippen LogP contribution in [0.5, 0.6) is 0 Å². The number of anilines is 1. The number of amides is 3. The summed E-state index contributed by atoms with van der Waals surface area (Å²) in [5.74, 6) is -0.605. The molecule has 0 aliphatic carbocycles. The Balaban J connectivity index is 1.69. The van der Waals surface area contributed by atoms with E-state index in [-0.39, 0.29) is 30.5 Å². The normalized spacial score (nSPS) is 23.8. The average molecular weight is 373 g/mol. The number of urea groups is 1. The van der Waals surface area contributed by atoms with Crippen molar-refractivity contribution in [3.8, 4) is 0 Å². The molecular formula is C20H27N3O4. The molecule has 0 unspecified atom stereocenters. The van der Waals surface area contributed by atoms with Crippen LogP contribution in [0, 0.1) is 12.8 Å². The van der Waals surface area contributed by atoms with E-state index in [1.165, 1.54) is 9.80 Å². The first-order valence-electron chi connectivity index (χ1n) is 9.52. The summed E-state index contributed by atoms with van der Waals surface area (Å²) in [5, 5.41) is 0. The standard InChI is InChI=1S/C20H27N3O4/c1-4-27-19(25)16-6-5-11-21(12-16)13-22-18(24)15(3)23(20(22)26)17-9-7-14(2)8-10-17/h7-10,15-16H,4-6,11-13H2,1-3H3/t15-,16-/m0/s1. The minimum atomic E-state index is -0.536. The van der Waals surface area contributed by atoms with Crippen LogP contribution in [-0.2, 0) is 14.3 Å². The molecule has 7 heteroatoms. The van der Waals surface area contributed by atoms with Gasteiger partial charge in [0.1, 0.15) is 6.04 Å². The van der Waals surface area contributed by atoms with E-state index in [4.69, 9.17) is 4.74 Å². The molecule has 0 bridgehead atoms. The molecule has 0 N–H and O–H groups in total. The van der Waals surface area contributed by atoms with Gasteiger partial charge in [0.15, 0.2) is 0 Å². The number of esters is 1. The molecule has 0 radical (unpaired) electrons. The highest BCUT2D eigenvalue weighted by Gasteiger charge is 2.44. The molecule has 2 atom stereocenters. The van der Waals surface area contributed by atoms with E-state index in [0.29, 0.717) is 13.2 Å².